The Bertz CT molecular complexity index is 828. The van der Waals surface area contributed by atoms with E-state index < -0.39 is 0 Å². The lowest BCUT2D eigenvalue weighted by molar-refractivity contribution is -0.121. The van der Waals surface area contributed by atoms with Crippen molar-refractivity contribution in [2.24, 2.45) is 5.10 Å². The molecule has 5 heteroatoms. The van der Waals surface area contributed by atoms with Crippen LogP contribution in [0.25, 0.3) is 0 Å². The molecule has 1 N–H and O–H groups in total. The molecule has 0 saturated heterocycles. The van der Waals surface area contributed by atoms with Gasteiger partial charge in [0.15, 0.2) is 11.5 Å². The van der Waals surface area contributed by atoms with Crippen molar-refractivity contribution in [3.63, 3.8) is 0 Å². The van der Waals surface area contributed by atoms with E-state index in [4.69, 9.17) is 9.47 Å². The quantitative estimate of drug-likeness (QED) is 0.869. The van der Waals surface area contributed by atoms with Gasteiger partial charge in [0.25, 0.3) is 0 Å². The van der Waals surface area contributed by atoms with Crippen molar-refractivity contribution in [3.05, 3.63) is 59.7 Å². The molecule has 2 aromatic rings. The van der Waals surface area contributed by atoms with Gasteiger partial charge in [-0.25, -0.2) is 5.43 Å². The molecule has 1 atom stereocenters. The summed E-state index contributed by atoms with van der Waals surface area (Å²) >= 11 is 0. The van der Waals surface area contributed by atoms with E-state index >= 15 is 0 Å². The Morgan fingerprint density at radius 2 is 1.96 bits per heavy atom. The first-order valence-electron chi connectivity index (χ1n) is 8.88. The minimum absolute atomic E-state index is 0.0407. The molecule has 4 rings (SSSR count). The number of hydrazone groups is 1. The third-order valence-corrected chi connectivity index (χ3v) is 5.21. The van der Waals surface area contributed by atoms with Gasteiger partial charge in [-0.05, 0) is 36.1 Å². The maximum absolute atomic E-state index is 11.6. The van der Waals surface area contributed by atoms with Crippen LogP contribution in [0.1, 0.15) is 36.3 Å². The van der Waals surface area contributed by atoms with Crippen LogP contribution >= 0.6 is 0 Å². The second kappa shape index (κ2) is 6.83. The third kappa shape index (κ3) is 3.29. The van der Waals surface area contributed by atoms with E-state index in [0.717, 1.165) is 18.4 Å². The monoisotopic (exact) mass is 350 g/mol. The van der Waals surface area contributed by atoms with Crippen LogP contribution in [-0.2, 0) is 10.2 Å². The summed E-state index contributed by atoms with van der Waals surface area (Å²) in [5, 5.41) is 3.93. The third-order valence-electron chi connectivity index (χ3n) is 5.21. The molecule has 2 aliphatic rings. The summed E-state index contributed by atoms with van der Waals surface area (Å²) in [7, 11) is 1.64. The van der Waals surface area contributed by atoms with Gasteiger partial charge in [-0.15, -0.1) is 0 Å². The van der Waals surface area contributed by atoms with Crippen molar-refractivity contribution in [1.82, 2.24) is 5.43 Å². The Morgan fingerprint density at radius 1 is 1.15 bits per heavy atom. The van der Waals surface area contributed by atoms with Crippen LogP contribution in [0.3, 0.4) is 0 Å². The largest absolute Gasteiger partial charge is 0.493 e. The molecule has 0 bridgehead atoms. The number of methoxy groups -OCH3 is 1. The van der Waals surface area contributed by atoms with Crippen LogP contribution in [-0.4, -0.2) is 25.8 Å². The summed E-state index contributed by atoms with van der Waals surface area (Å²) in [6.07, 6.45) is 4.42. The maximum Gasteiger partial charge on any atom is 0.241 e. The van der Waals surface area contributed by atoms with Gasteiger partial charge < -0.3 is 9.47 Å². The van der Waals surface area contributed by atoms with Crippen molar-refractivity contribution in [2.75, 3.05) is 13.7 Å². The highest BCUT2D eigenvalue weighted by Gasteiger charge is 2.45. The molecule has 0 aromatic heterocycles. The molecule has 1 aliphatic heterocycles. The van der Waals surface area contributed by atoms with Crippen LogP contribution in [0.15, 0.2) is 53.6 Å². The van der Waals surface area contributed by atoms with Crippen LogP contribution in [0.4, 0.5) is 0 Å². The summed E-state index contributed by atoms with van der Waals surface area (Å²) in [5.74, 6) is 1.30. The number of amides is 1. The second-order valence-corrected chi connectivity index (χ2v) is 6.97. The van der Waals surface area contributed by atoms with Crippen LogP contribution in [0.5, 0.6) is 11.5 Å². The first kappa shape index (κ1) is 16.6. The fourth-order valence-corrected chi connectivity index (χ4v) is 3.41. The summed E-state index contributed by atoms with van der Waals surface area (Å²) in [6, 6.07) is 16.3. The lowest BCUT2D eigenvalue weighted by Gasteiger charge is -2.20. The molecule has 1 fully saturated rings. The average Bonchev–Trinajstić information content (AvgIpc) is 3.48. The second-order valence-electron chi connectivity index (χ2n) is 6.97. The minimum Gasteiger partial charge on any atom is -0.493 e. The highest BCUT2D eigenvalue weighted by Crippen LogP contribution is 2.48. The summed E-state index contributed by atoms with van der Waals surface area (Å²) < 4.78 is 11.7. The summed E-state index contributed by atoms with van der Waals surface area (Å²) in [5.41, 5.74) is 4.90. The van der Waals surface area contributed by atoms with E-state index in [-0.39, 0.29) is 17.2 Å². The summed E-state index contributed by atoms with van der Waals surface area (Å²) in [4.78, 5) is 11.6. The van der Waals surface area contributed by atoms with Gasteiger partial charge in [-0.1, -0.05) is 36.4 Å². The van der Waals surface area contributed by atoms with Gasteiger partial charge in [0.2, 0.25) is 5.91 Å². The zero-order valence-electron chi connectivity index (χ0n) is 14.8. The molecule has 1 unspecified atom stereocenters. The van der Waals surface area contributed by atoms with Crippen molar-refractivity contribution in [1.29, 1.82) is 0 Å². The Labute approximate surface area is 153 Å². The highest BCUT2D eigenvalue weighted by atomic mass is 16.5. The van der Waals surface area contributed by atoms with Crippen LogP contribution in [0.2, 0.25) is 0 Å². The number of hydrogen-bond donors (Lipinski definition) is 1. The van der Waals surface area contributed by atoms with E-state index in [1.807, 2.05) is 24.3 Å². The smallest absolute Gasteiger partial charge is 0.241 e. The predicted octanol–water partition coefficient (Wildman–Crippen LogP) is 3.40. The lowest BCUT2D eigenvalue weighted by atomic mass is 9.95. The topological polar surface area (TPSA) is 59.9 Å². The Hall–Kier alpha value is -2.82. The van der Waals surface area contributed by atoms with E-state index in [2.05, 4.69) is 34.8 Å². The van der Waals surface area contributed by atoms with Crippen molar-refractivity contribution in [3.8, 4) is 11.5 Å². The first-order chi connectivity index (χ1) is 12.7. The van der Waals surface area contributed by atoms with Gasteiger partial charge in [-0.3, -0.25) is 4.79 Å². The Balaban J connectivity index is 1.54. The highest BCUT2D eigenvalue weighted by molar-refractivity contribution is 5.86. The number of nitrogens with zero attached hydrogens (tertiary/aromatic N) is 1. The van der Waals surface area contributed by atoms with E-state index in [0.29, 0.717) is 24.5 Å². The molecule has 1 aliphatic carbocycles. The standard InChI is InChI=1S/C21H22N2O3/c1-25-18-8-7-15(16-12-20(24)23-22-13-16)11-19(18)26-14-21(9-10-21)17-5-3-2-4-6-17/h2-8,11,13,16H,9-10,12,14H2,1H3,(H,23,24). The van der Waals surface area contributed by atoms with E-state index in [9.17, 15) is 4.79 Å². The Kier molecular flexibility index (Phi) is 4.37. The van der Waals surface area contributed by atoms with E-state index in [1.54, 1.807) is 13.3 Å². The molecule has 134 valence electrons. The van der Waals surface area contributed by atoms with Gasteiger partial charge in [-0.2, -0.15) is 5.10 Å². The van der Waals surface area contributed by atoms with Gasteiger partial charge in [0, 0.05) is 24.0 Å². The number of carbonyl (C=O) groups is 1. The van der Waals surface area contributed by atoms with Crippen molar-refractivity contribution in [2.45, 2.75) is 30.6 Å². The summed E-state index contributed by atoms with van der Waals surface area (Å²) in [6.45, 7) is 0.621. The fraction of sp³-hybridized carbons (Fsp3) is 0.333. The van der Waals surface area contributed by atoms with Gasteiger partial charge in [0.1, 0.15) is 0 Å². The number of nitrogens with one attached hydrogen (secondary N) is 1. The molecular formula is C21H22N2O3. The van der Waals surface area contributed by atoms with Crippen LogP contribution < -0.4 is 14.9 Å². The zero-order chi connectivity index (χ0) is 18.0. The normalized spacial score (nSPS) is 20.3. The molecule has 1 saturated carbocycles. The SMILES string of the molecule is COc1ccc(C2C=NNC(=O)C2)cc1OCC1(c2ccccc2)CC1. The first-order valence-corrected chi connectivity index (χ1v) is 8.88. The maximum atomic E-state index is 11.6. The molecule has 1 amide bonds. The van der Waals surface area contributed by atoms with Gasteiger partial charge >= 0.3 is 0 Å². The molecule has 2 aromatic carbocycles. The average molecular weight is 350 g/mol. The molecule has 1 heterocycles. The Morgan fingerprint density at radius 3 is 2.65 bits per heavy atom. The van der Waals surface area contributed by atoms with E-state index in [1.165, 1.54) is 5.56 Å². The number of carbonyl (C=O) groups excluding carboxylic acids is 1. The number of rotatable bonds is 6. The molecular weight excluding hydrogens is 328 g/mol. The number of hydrogen-bond acceptors (Lipinski definition) is 4. The van der Waals surface area contributed by atoms with Crippen molar-refractivity contribution < 1.29 is 14.3 Å². The fourth-order valence-electron chi connectivity index (χ4n) is 3.41. The minimum atomic E-state index is -0.0724. The molecule has 5 nitrogen and oxygen atoms in total. The van der Waals surface area contributed by atoms with Gasteiger partial charge in [0.05, 0.1) is 13.7 Å². The van der Waals surface area contributed by atoms with Crippen LogP contribution in [0, 0.1) is 0 Å². The predicted molar refractivity (Wildman–Crippen MR) is 99.8 cm³/mol. The van der Waals surface area contributed by atoms with Crippen molar-refractivity contribution >= 4 is 12.1 Å². The zero-order valence-corrected chi connectivity index (χ0v) is 14.8. The number of ether oxygens (including phenoxy) is 2. The number of benzene rings is 2. The molecule has 0 radical (unpaired) electrons. The lowest BCUT2D eigenvalue weighted by Crippen LogP contribution is -2.26. The molecule has 26 heavy (non-hydrogen) atoms. The molecule has 0 spiro atoms.